The molecule has 2 rings (SSSR count). The topological polar surface area (TPSA) is 66.7 Å². The minimum absolute atomic E-state index is 0.277. The predicted octanol–water partition coefficient (Wildman–Crippen LogP) is 2.66. The van der Waals surface area contributed by atoms with Crippen LogP contribution in [0, 0.1) is 19.8 Å². The number of nitrogens with one attached hydrogen (secondary N) is 2. The average Bonchev–Trinajstić information content (AvgIpc) is 2.97. The zero-order chi connectivity index (χ0) is 22.1. The van der Waals surface area contributed by atoms with E-state index in [0.717, 1.165) is 57.5 Å². The van der Waals surface area contributed by atoms with Crippen molar-refractivity contribution in [2.45, 2.75) is 72.9 Å². The van der Waals surface area contributed by atoms with Crippen molar-refractivity contribution in [3.8, 4) is 0 Å². The van der Waals surface area contributed by atoms with Gasteiger partial charge in [-0.3, -0.25) is 14.6 Å². The average molecular weight is 421 g/mol. The van der Waals surface area contributed by atoms with Crippen molar-refractivity contribution >= 4 is 5.96 Å². The van der Waals surface area contributed by atoms with Crippen molar-refractivity contribution in [2.75, 3.05) is 39.4 Å². The van der Waals surface area contributed by atoms with Crippen LogP contribution in [0.1, 0.15) is 57.5 Å². The number of rotatable bonds is 10. The molecule has 2 heterocycles. The Morgan fingerprint density at radius 2 is 1.83 bits per heavy atom. The molecule has 1 aliphatic heterocycles. The molecule has 30 heavy (non-hydrogen) atoms. The fourth-order valence-corrected chi connectivity index (χ4v) is 4.51. The molecule has 7 nitrogen and oxygen atoms in total. The van der Waals surface area contributed by atoms with E-state index in [4.69, 9.17) is 9.73 Å². The highest BCUT2D eigenvalue weighted by Gasteiger charge is 2.27. The maximum Gasteiger partial charge on any atom is 0.191 e. The summed E-state index contributed by atoms with van der Waals surface area (Å²) in [5, 5.41) is 11.6. The van der Waals surface area contributed by atoms with E-state index in [-0.39, 0.29) is 6.04 Å². The monoisotopic (exact) mass is 420 g/mol. The van der Waals surface area contributed by atoms with Gasteiger partial charge in [0.05, 0.1) is 25.5 Å². The molecule has 0 aromatic carbocycles. The number of ether oxygens (including phenoxy) is 1. The minimum Gasteiger partial charge on any atom is -0.379 e. The first-order chi connectivity index (χ1) is 14.4. The van der Waals surface area contributed by atoms with Gasteiger partial charge in [0.15, 0.2) is 5.96 Å². The molecule has 0 amide bonds. The molecule has 1 aliphatic rings. The highest BCUT2D eigenvalue weighted by molar-refractivity contribution is 5.80. The van der Waals surface area contributed by atoms with Gasteiger partial charge in [-0.15, -0.1) is 0 Å². The van der Waals surface area contributed by atoms with Crippen molar-refractivity contribution in [2.24, 2.45) is 18.0 Å². The van der Waals surface area contributed by atoms with E-state index < -0.39 is 0 Å². The van der Waals surface area contributed by atoms with Crippen LogP contribution in [-0.2, 0) is 18.2 Å². The Bertz CT molecular complexity index is 661. The molecule has 0 radical (unpaired) electrons. The number of aryl methyl sites for hydroxylation is 2. The van der Waals surface area contributed by atoms with Crippen LogP contribution < -0.4 is 10.6 Å². The van der Waals surface area contributed by atoms with Gasteiger partial charge in [0.2, 0.25) is 0 Å². The molecule has 0 bridgehead atoms. The predicted molar refractivity (Wildman–Crippen MR) is 125 cm³/mol. The van der Waals surface area contributed by atoms with E-state index in [1.807, 2.05) is 11.7 Å². The van der Waals surface area contributed by atoms with E-state index in [0.29, 0.717) is 12.0 Å². The first kappa shape index (κ1) is 24.7. The highest BCUT2D eigenvalue weighted by Crippen LogP contribution is 2.20. The lowest BCUT2D eigenvalue weighted by molar-refractivity contribution is 0.00395. The summed E-state index contributed by atoms with van der Waals surface area (Å²) in [6.07, 6.45) is 3.32. The fraction of sp³-hybridized carbons (Fsp3) is 0.826. The summed E-state index contributed by atoms with van der Waals surface area (Å²) in [5.74, 6) is 1.57. The third kappa shape index (κ3) is 6.71. The molecule has 1 fully saturated rings. The number of morpholine rings is 1. The molecule has 1 aromatic rings. The van der Waals surface area contributed by atoms with Crippen molar-refractivity contribution in [1.82, 2.24) is 25.3 Å². The molecule has 7 heteroatoms. The largest absolute Gasteiger partial charge is 0.379 e. The van der Waals surface area contributed by atoms with E-state index in [2.05, 4.69) is 62.2 Å². The van der Waals surface area contributed by atoms with Crippen LogP contribution in [0.15, 0.2) is 4.99 Å². The van der Waals surface area contributed by atoms with Gasteiger partial charge < -0.3 is 15.4 Å². The molecule has 0 spiro atoms. The van der Waals surface area contributed by atoms with Crippen molar-refractivity contribution < 1.29 is 4.74 Å². The number of nitrogens with zero attached hydrogens (tertiary/aromatic N) is 4. The summed E-state index contributed by atoms with van der Waals surface area (Å²) in [7, 11) is 2.01. The number of hydrogen-bond donors (Lipinski definition) is 2. The summed E-state index contributed by atoms with van der Waals surface area (Å²) in [6, 6.07) is 0.747. The summed E-state index contributed by atoms with van der Waals surface area (Å²) in [4.78, 5) is 7.61. The summed E-state index contributed by atoms with van der Waals surface area (Å²) in [6.45, 7) is 18.5. The molecule has 2 N–H and O–H groups in total. The number of guanidine groups is 1. The summed E-state index contributed by atoms with van der Waals surface area (Å²) < 4.78 is 7.55. The minimum atomic E-state index is 0.277. The number of aliphatic imine (C=N–C) groups is 1. The lowest BCUT2D eigenvalue weighted by Crippen LogP contribution is -2.49. The summed E-state index contributed by atoms with van der Waals surface area (Å²) >= 11 is 0. The third-order valence-electron chi connectivity index (χ3n) is 6.44. The quantitative estimate of drug-likeness (QED) is 0.450. The fourth-order valence-electron chi connectivity index (χ4n) is 4.51. The Hall–Kier alpha value is -1.60. The highest BCUT2D eigenvalue weighted by atomic mass is 16.5. The van der Waals surface area contributed by atoms with Crippen LogP contribution in [0.5, 0.6) is 0 Å². The van der Waals surface area contributed by atoms with E-state index >= 15 is 0 Å². The van der Waals surface area contributed by atoms with E-state index in [1.165, 1.54) is 24.1 Å². The molecule has 2 unspecified atom stereocenters. The van der Waals surface area contributed by atoms with Gasteiger partial charge in [-0.2, -0.15) is 5.10 Å². The lowest BCUT2D eigenvalue weighted by atomic mass is 9.92. The molecule has 2 atom stereocenters. The van der Waals surface area contributed by atoms with Gasteiger partial charge in [0.1, 0.15) is 0 Å². The van der Waals surface area contributed by atoms with Gasteiger partial charge in [0.25, 0.3) is 0 Å². The number of aromatic nitrogens is 2. The normalized spacial score (nSPS) is 17.9. The Morgan fingerprint density at radius 1 is 1.17 bits per heavy atom. The van der Waals surface area contributed by atoms with Crippen molar-refractivity contribution in [3.05, 3.63) is 17.0 Å². The van der Waals surface area contributed by atoms with Crippen LogP contribution in [-0.4, -0.2) is 72.1 Å². The Kier molecular flexibility index (Phi) is 10.1. The van der Waals surface area contributed by atoms with Crippen LogP contribution >= 0.6 is 0 Å². The Morgan fingerprint density at radius 3 is 2.37 bits per heavy atom. The first-order valence-electron chi connectivity index (χ1n) is 11.8. The van der Waals surface area contributed by atoms with E-state index in [9.17, 15) is 0 Å². The molecule has 1 saturated heterocycles. The number of hydrogen-bond acceptors (Lipinski definition) is 4. The zero-order valence-electron chi connectivity index (χ0n) is 20.3. The smallest absolute Gasteiger partial charge is 0.191 e. The molecular formula is C23H44N6O. The zero-order valence-corrected chi connectivity index (χ0v) is 20.3. The van der Waals surface area contributed by atoms with Gasteiger partial charge in [-0.1, -0.05) is 26.7 Å². The SMILES string of the molecule is CCNC(=NCC(C(CC)CC)N1CCOCC1)NC(C)Cc1c(C)nn(C)c1C. The standard InChI is InChI=1S/C23H44N6O/c1-8-20(9-2)22(29-11-13-30-14-12-29)16-25-23(24-10-3)26-17(4)15-21-18(5)27-28(7)19(21)6/h17,20,22H,8-16H2,1-7H3,(H2,24,25,26). The van der Waals surface area contributed by atoms with Gasteiger partial charge >= 0.3 is 0 Å². The van der Waals surface area contributed by atoms with Crippen LogP contribution in [0.4, 0.5) is 0 Å². The second-order valence-corrected chi connectivity index (χ2v) is 8.53. The van der Waals surface area contributed by atoms with Crippen molar-refractivity contribution in [3.63, 3.8) is 0 Å². The van der Waals surface area contributed by atoms with E-state index in [1.54, 1.807) is 0 Å². The third-order valence-corrected chi connectivity index (χ3v) is 6.44. The Labute approximate surface area is 183 Å². The second kappa shape index (κ2) is 12.3. The molecule has 172 valence electrons. The molecule has 0 aliphatic carbocycles. The maximum absolute atomic E-state index is 5.58. The van der Waals surface area contributed by atoms with Gasteiger partial charge in [0, 0.05) is 44.5 Å². The first-order valence-corrected chi connectivity index (χ1v) is 11.8. The maximum atomic E-state index is 5.58. The molecule has 0 saturated carbocycles. The molecular weight excluding hydrogens is 376 g/mol. The molecule has 1 aromatic heterocycles. The van der Waals surface area contributed by atoms with Crippen LogP contribution in [0.2, 0.25) is 0 Å². The lowest BCUT2D eigenvalue weighted by Gasteiger charge is -2.38. The van der Waals surface area contributed by atoms with Crippen LogP contribution in [0.3, 0.4) is 0 Å². The van der Waals surface area contributed by atoms with Gasteiger partial charge in [-0.25, -0.2) is 0 Å². The Balaban J connectivity index is 2.07. The van der Waals surface area contributed by atoms with Crippen molar-refractivity contribution in [1.29, 1.82) is 0 Å². The second-order valence-electron chi connectivity index (χ2n) is 8.53. The summed E-state index contributed by atoms with van der Waals surface area (Å²) in [5.41, 5.74) is 3.69. The van der Waals surface area contributed by atoms with Crippen LogP contribution in [0.25, 0.3) is 0 Å². The van der Waals surface area contributed by atoms with Gasteiger partial charge in [-0.05, 0) is 45.6 Å².